The van der Waals surface area contributed by atoms with Crippen LogP contribution in [-0.2, 0) is 24.8 Å². The minimum atomic E-state index is -3.64. The Morgan fingerprint density at radius 2 is 1.31 bits per heavy atom. The molecule has 0 N–H and O–H groups in total. The molecule has 2 heterocycles. The molecule has 2 saturated heterocycles. The van der Waals surface area contributed by atoms with Gasteiger partial charge in [0.1, 0.15) is 0 Å². The molecule has 0 aliphatic carbocycles. The SMILES string of the molecule is C[C@H]1CCC[C@H](C)N1S(=O)(=O)c1ccc(S(=O)(=O)N2CCOCC2)cc1. The van der Waals surface area contributed by atoms with Gasteiger partial charge in [0.2, 0.25) is 20.0 Å². The molecule has 2 fully saturated rings. The lowest BCUT2D eigenvalue weighted by atomic mass is 10.0. The van der Waals surface area contributed by atoms with Crippen LogP contribution in [0, 0.1) is 0 Å². The van der Waals surface area contributed by atoms with Crippen molar-refractivity contribution in [2.75, 3.05) is 26.3 Å². The van der Waals surface area contributed by atoms with Crippen molar-refractivity contribution < 1.29 is 21.6 Å². The molecule has 0 unspecified atom stereocenters. The first kappa shape index (κ1) is 19.8. The number of piperidine rings is 1. The van der Waals surface area contributed by atoms with E-state index in [0.717, 1.165) is 19.3 Å². The third-order valence-corrected chi connectivity index (χ3v) is 9.18. The highest BCUT2D eigenvalue weighted by Crippen LogP contribution is 2.30. The van der Waals surface area contributed by atoms with E-state index in [0.29, 0.717) is 26.3 Å². The monoisotopic (exact) mass is 402 g/mol. The Morgan fingerprint density at radius 1 is 0.846 bits per heavy atom. The van der Waals surface area contributed by atoms with Gasteiger partial charge in [0.05, 0.1) is 23.0 Å². The number of rotatable bonds is 4. The van der Waals surface area contributed by atoms with Crippen LogP contribution in [0.5, 0.6) is 0 Å². The number of hydrogen-bond acceptors (Lipinski definition) is 5. The zero-order valence-electron chi connectivity index (χ0n) is 15.2. The van der Waals surface area contributed by atoms with Crippen molar-refractivity contribution in [2.24, 2.45) is 0 Å². The minimum absolute atomic E-state index is 0.0551. The van der Waals surface area contributed by atoms with Gasteiger partial charge in [0.15, 0.2) is 0 Å². The average molecular weight is 403 g/mol. The molecule has 0 saturated carbocycles. The molecule has 0 bridgehead atoms. The zero-order valence-corrected chi connectivity index (χ0v) is 16.8. The quantitative estimate of drug-likeness (QED) is 0.765. The Morgan fingerprint density at radius 3 is 1.81 bits per heavy atom. The average Bonchev–Trinajstić information content (AvgIpc) is 2.62. The van der Waals surface area contributed by atoms with Crippen LogP contribution in [0.1, 0.15) is 33.1 Å². The van der Waals surface area contributed by atoms with Crippen molar-refractivity contribution in [1.29, 1.82) is 0 Å². The topological polar surface area (TPSA) is 84.0 Å². The summed E-state index contributed by atoms with van der Waals surface area (Å²) in [7, 11) is -7.27. The van der Waals surface area contributed by atoms with Crippen LogP contribution < -0.4 is 0 Å². The fourth-order valence-corrected chi connectivity index (χ4v) is 7.00. The predicted octanol–water partition coefficient (Wildman–Crippen LogP) is 1.66. The van der Waals surface area contributed by atoms with Crippen LogP contribution in [0.3, 0.4) is 0 Å². The third kappa shape index (κ3) is 3.68. The van der Waals surface area contributed by atoms with E-state index >= 15 is 0 Å². The number of nitrogens with zero attached hydrogens (tertiary/aromatic N) is 2. The summed E-state index contributed by atoms with van der Waals surface area (Å²) in [5.41, 5.74) is 0. The van der Waals surface area contributed by atoms with E-state index in [-0.39, 0.29) is 21.9 Å². The van der Waals surface area contributed by atoms with Gasteiger partial charge in [-0.1, -0.05) is 6.42 Å². The second kappa shape index (κ2) is 7.55. The fourth-order valence-electron chi connectivity index (χ4n) is 3.71. The zero-order chi connectivity index (χ0) is 18.9. The highest BCUT2D eigenvalue weighted by molar-refractivity contribution is 7.89. The van der Waals surface area contributed by atoms with Gasteiger partial charge in [0, 0.05) is 25.2 Å². The maximum absolute atomic E-state index is 13.0. The smallest absolute Gasteiger partial charge is 0.243 e. The van der Waals surface area contributed by atoms with Gasteiger partial charge in [-0.2, -0.15) is 8.61 Å². The van der Waals surface area contributed by atoms with E-state index in [1.807, 2.05) is 13.8 Å². The number of ether oxygens (including phenoxy) is 1. The second-order valence-electron chi connectivity index (χ2n) is 6.95. The van der Waals surface area contributed by atoms with Gasteiger partial charge in [-0.05, 0) is 51.0 Å². The van der Waals surface area contributed by atoms with Crippen molar-refractivity contribution >= 4 is 20.0 Å². The van der Waals surface area contributed by atoms with E-state index in [9.17, 15) is 16.8 Å². The van der Waals surface area contributed by atoms with E-state index in [4.69, 9.17) is 4.74 Å². The molecule has 9 heteroatoms. The van der Waals surface area contributed by atoms with Gasteiger partial charge >= 0.3 is 0 Å². The normalized spacial score (nSPS) is 26.7. The summed E-state index contributed by atoms with van der Waals surface area (Å²) in [5, 5.41) is 0. The highest BCUT2D eigenvalue weighted by Gasteiger charge is 2.36. The van der Waals surface area contributed by atoms with E-state index in [2.05, 4.69) is 0 Å². The van der Waals surface area contributed by atoms with Crippen molar-refractivity contribution in [1.82, 2.24) is 8.61 Å². The first-order valence-corrected chi connectivity index (χ1v) is 11.8. The number of hydrogen-bond donors (Lipinski definition) is 0. The first-order chi connectivity index (χ1) is 12.2. The van der Waals surface area contributed by atoms with Gasteiger partial charge in [-0.25, -0.2) is 16.8 Å². The molecule has 7 nitrogen and oxygen atoms in total. The Hall–Kier alpha value is -1.00. The minimum Gasteiger partial charge on any atom is -0.379 e. The lowest BCUT2D eigenvalue weighted by Crippen LogP contribution is -2.47. The molecule has 0 aromatic heterocycles. The molecule has 3 rings (SSSR count). The number of benzene rings is 1. The van der Waals surface area contributed by atoms with Crippen molar-refractivity contribution in [3.8, 4) is 0 Å². The third-order valence-electron chi connectivity index (χ3n) is 5.12. The van der Waals surface area contributed by atoms with Crippen LogP contribution >= 0.6 is 0 Å². The molecule has 146 valence electrons. The fraction of sp³-hybridized carbons (Fsp3) is 0.647. The van der Waals surface area contributed by atoms with Crippen LogP contribution in [0.4, 0.5) is 0 Å². The molecule has 0 radical (unpaired) electrons. The Balaban J connectivity index is 1.87. The molecular weight excluding hydrogens is 376 g/mol. The molecule has 2 aliphatic heterocycles. The molecule has 1 aromatic rings. The summed E-state index contributed by atoms with van der Waals surface area (Å²) in [6.45, 7) is 5.21. The predicted molar refractivity (Wildman–Crippen MR) is 97.8 cm³/mol. The van der Waals surface area contributed by atoms with Crippen LogP contribution in [0.2, 0.25) is 0 Å². The Kier molecular flexibility index (Phi) is 5.74. The molecular formula is C17H26N2O5S2. The summed E-state index contributed by atoms with van der Waals surface area (Å²) >= 11 is 0. The van der Waals surface area contributed by atoms with Gasteiger partial charge < -0.3 is 4.74 Å². The Bertz CT molecular complexity index is 820. The van der Waals surface area contributed by atoms with Gasteiger partial charge in [-0.3, -0.25) is 0 Å². The van der Waals surface area contributed by atoms with Crippen LogP contribution in [-0.4, -0.2) is 63.8 Å². The van der Waals surface area contributed by atoms with Gasteiger partial charge in [-0.15, -0.1) is 0 Å². The summed E-state index contributed by atoms with van der Waals surface area (Å²) in [6.07, 6.45) is 2.70. The molecule has 0 amide bonds. The molecule has 26 heavy (non-hydrogen) atoms. The molecule has 2 aliphatic rings. The van der Waals surface area contributed by atoms with Crippen molar-refractivity contribution in [2.45, 2.75) is 55.0 Å². The van der Waals surface area contributed by atoms with Crippen LogP contribution in [0.25, 0.3) is 0 Å². The van der Waals surface area contributed by atoms with Crippen molar-refractivity contribution in [3.63, 3.8) is 0 Å². The molecule has 0 spiro atoms. The van der Waals surface area contributed by atoms with E-state index in [1.54, 1.807) is 4.31 Å². The number of sulfonamides is 2. The lowest BCUT2D eigenvalue weighted by Gasteiger charge is -2.37. The van der Waals surface area contributed by atoms with Gasteiger partial charge in [0.25, 0.3) is 0 Å². The highest BCUT2D eigenvalue weighted by atomic mass is 32.2. The standard InChI is InChI=1S/C17H26N2O5S2/c1-14-4-3-5-15(2)19(14)26(22,23)17-8-6-16(7-9-17)25(20,21)18-10-12-24-13-11-18/h6-9,14-15H,3-5,10-13H2,1-2H3/t14-,15-/m0/s1. The summed E-state index contributed by atoms with van der Waals surface area (Å²) in [4.78, 5) is 0.247. The maximum atomic E-state index is 13.0. The lowest BCUT2D eigenvalue weighted by molar-refractivity contribution is 0.0730. The number of morpholine rings is 1. The maximum Gasteiger partial charge on any atom is 0.243 e. The van der Waals surface area contributed by atoms with E-state index < -0.39 is 20.0 Å². The molecule has 1 aromatic carbocycles. The first-order valence-electron chi connectivity index (χ1n) is 8.96. The summed E-state index contributed by atoms with van der Waals surface area (Å²) < 4.78 is 59.5. The molecule has 2 atom stereocenters. The van der Waals surface area contributed by atoms with Crippen LogP contribution in [0.15, 0.2) is 34.1 Å². The van der Waals surface area contributed by atoms with E-state index in [1.165, 1.54) is 28.6 Å². The largest absolute Gasteiger partial charge is 0.379 e. The van der Waals surface area contributed by atoms with Crippen molar-refractivity contribution in [3.05, 3.63) is 24.3 Å². The Labute approximate surface area is 156 Å². The second-order valence-corrected chi connectivity index (χ2v) is 10.7. The summed E-state index contributed by atoms with van der Waals surface area (Å²) in [6, 6.07) is 5.46. The summed E-state index contributed by atoms with van der Waals surface area (Å²) in [5.74, 6) is 0.